The van der Waals surface area contributed by atoms with Gasteiger partial charge in [0, 0.05) is 34.1 Å². The Bertz CT molecular complexity index is 1610. The Kier molecular flexibility index (Phi) is 8.40. The third-order valence-electron chi connectivity index (χ3n) is 7.47. The van der Waals surface area contributed by atoms with Crippen LogP contribution in [0.3, 0.4) is 0 Å². The molecule has 1 aromatic heterocycles. The summed E-state index contributed by atoms with van der Waals surface area (Å²) in [6.45, 7) is 1.62. The fourth-order valence-electron chi connectivity index (χ4n) is 5.02. The molecule has 208 valence electrons. The Labute approximate surface area is 249 Å². The standard InChI is InChI=1S/C34H31ClN2O3S/c35-27-15-13-24-14-17-28(36-30(24)21-27)16-10-23-6-5-7-26(20-23)31(40-34(39)25-11-12-25)22-41-32-9-2-1-8-29(32)33(38)37-18-3-4-19-37/h1-2,5-10,13-17,20-21,25,31H,3-4,11-12,18-19,22H2/b16-10+. The van der Waals surface area contributed by atoms with Crippen molar-refractivity contribution < 1.29 is 14.3 Å². The van der Waals surface area contributed by atoms with Crippen molar-refractivity contribution in [3.8, 4) is 0 Å². The fourth-order valence-corrected chi connectivity index (χ4v) is 6.27. The van der Waals surface area contributed by atoms with Gasteiger partial charge in [0.05, 0.1) is 22.7 Å². The predicted octanol–water partition coefficient (Wildman–Crippen LogP) is 8.08. The smallest absolute Gasteiger partial charge is 0.309 e. The number of ether oxygens (including phenoxy) is 1. The Hall–Kier alpha value is -3.61. The lowest BCUT2D eigenvalue weighted by molar-refractivity contribution is -0.149. The average Bonchev–Trinajstić information content (AvgIpc) is 3.71. The number of esters is 1. The van der Waals surface area contributed by atoms with Gasteiger partial charge in [0.25, 0.3) is 5.91 Å². The van der Waals surface area contributed by atoms with Gasteiger partial charge in [-0.15, -0.1) is 11.8 Å². The predicted molar refractivity (Wildman–Crippen MR) is 166 cm³/mol. The van der Waals surface area contributed by atoms with E-state index in [9.17, 15) is 9.59 Å². The molecule has 1 saturated carbocycles. The third kappa shape index (κ3) is 6.83. The molecule has 0 bridgehead atoms. The van der Waals surface area contributed by atoms with Gasteiger partial charge in [0.15, 0.2) is 0 Å². The molecule has 1 aliphatic carbocycles. The number of rotatable bonds is 9. The van der Waals surface area contributed by atoms with Gasteiger partial charge in [0.1, 0.15) is 6.10 Å². The van der Waals surface area contributed by atoms with E-state index in [2.05, 4.69) is 6.07 Å². The van der Waals surface area contributed by atoms with Crippen LogP contribution < -0.4 is 0 Å². The van der Waals surface area contributed by atoms with Crippen molar-refractivity contribution in [1.29, 1.82) is 0 Å². The topological polar surface area (TPSA) is 59.5 Å². The summed E-state index contributed by atoms with van der Waals surface area (Å²) < 4.78 is 6.06. The molecule has 2 fully saturated rings. The molecule has 0 spiro atoms. The van der Waals surface area contributed by atoms with E-state index < -0.39 is 6.10 Å². The normalized spacial score (nSPS) is 15.9. The first-order valence-electron chi connectivity index (χ1n) is 14.1. The molecule has 1 saturated heterocycles. The van der Waals surface area contributed by atoms with E-state index in [0.29, 0.717) is 16.3 Å². The van der Waals surface area contributed by atoms with Crippen LogP contribution in [0.1, 0.15) is 59.0 Å². The first-order valence-corrected chi connectivity index (χ1v) is 15.5. The van der Waals surface area contributed by atoms with Gasteiger partial charge in [-0.05, 0) is 79.3 Å². The summed E-state index contributed by atoms with van der Waals surface area (Å²) in [5, 5.41) is 1.70. The number of carbonyl (C=O) groups excluding carboxylic acids is 2. The molecule has 6 rings (SSSR count). The van der Waals surface area contributed by atoms with Crippen molar-refractivity contribution in [1.82, 2.24) is 9.88 Å². The van der Waals surface area contributed by atoms with E-state index in [1.54, 1.807) is 11.8 Å². The Morgan fingerprint density at radius 2 is 1.78 bits per heavy atom. The molecule has 5 nitrogen and oxygen atoms in total. The molecule has 2 heterocycles. The summed E-state index contributed by atoms with van der Waals surface area (Å²) >= 11 is 7.72. The van der Waals surface area contributed by atoms with Crippen molar-refractivity contribution in [2.45, 2.75) is 36.7 Å². The van der Waals surface area contributed by atoms with Gasteiger partial charge in [-0.3, -0.25) is 9.59 Å². The number of nitrogens with zero attached hydrogens (tertiary/aromatic N) is 2. The zero-order valence-electron chi connectivity index (χ0n) is 22.7. The first kappa shape index (κ1) is 27.6. The van der Waals surface area contributed by atoms with Crippen LogP contribution in [0.15, 0.2) is 83.8 Å². The molecule has 0 radical (unpaired) electrons. The van der Waals surface area contributed by atoms with Crippen LogP contribution in [-0.4, -0.2) is 40.6 Å². The second kappa shape index (κ2) is 12.5. The number of benzene rings is 3. The third-order valence-corrected chi connectivity index (χ3v) is 8.85. The number of carbonyl (C=O) groups is 2. The molecule has 4 aromatic rings. The molecule has 1 aliphatic heterocycles. The van der Waals surface area contributed by atoms with E-state index in [-0.39, 0.29) is 17.8 Å². The van der Waals surface area contributed by atoms with E-state index in [0.717, 1.165) is 71.4 Å². The molecule has 1 amide bonds. The summed E-state index contributed by atoms with van der Waals surface area (Å²) in [5.74, 6) is 0.455. The van der Waals surface area contributed by atoms with Crippen molar-refractivity contribution in [2.75, 3.05) is 18.8 Å². The largest absolute Gasteiger partial charge is 0.456 e. The highest BCUT2D eigenvalue weighted by molar-refractivity contribution is 7.99. The van der Waals surface area contributed by atoms with E-state index >= 15 is 0 Å². The van der Waals surface area contributed by atoms with Crippen molar-refractivity contribution in [3.63, 3.8) is 0 Å². The summed E-state index contributed by atoms with van der Waals surface area (Å²) in [6, 6.07) is 25.5. The van der Waals surface area contributed by atoms with Crippen molar-refractivity contribution >= 4 is 58.3 Å². The minimum absolute atomic E-state index is 0.00194. The number of hydrogen-bond acceptors (Lipinski definition) is 5. The quantitative estimate of drug-likeness (QED) is 0.147. The maximum Gasteiger partial charge on any atom is 0.309 e. The number of likely N-dealkylation sites (tertiary alicyclic amines) is 1. The SMILES string of the molecule is O=C(OC(CSc1ccccc1C(=O)N1CCCC1)c1cccc(/C=C/c2ccc3ccc(Cl)cc3n2)c1)C1CC1. The zero-order valence-corrected chi connectivity index (χ0v) is 24.2. The first-order chi connectivity index (χ1) is 20.0. The molecular weight excluding hydrogens is 552 g/mol. The van der Waals surface area contributed by atoms with Gasteiger partial charge < -0.3 is 9.64 Å². The Balaban J connectivity index is 1.21. The van der Waals surface area contributed by atoms with Crippen LogP contribution in [0, 0.1) is 5.92 Å². The maximum absolute atomic E-state index is 13.2. The molecule has 2 aliphatic rings. The molecular formula is C34H31ClN2O3S. The van der Waals surface area contributed by atoms with Gasteiger partial charge >= 0.3 is 5.97 Å². The molecule has 1 atom stereocenters. The number of amides is 1. The molecule has 7 heteroatoms. The lowest BCUT2D eigenvalue weighted by Gasteiger charge is -2.21. The number of halogens is 1. The van der Waals surface area contributed by atoms with Crippen molar-refractivity contribution in [2.24, 2.45) is 5.92 Å². The lowest BCUT2D eigenvalue weighted by atomic mass is 10.1. The van der Waals surface area contributed by atoms with Crippen LogP contribution in [0.4, 0.5) is 0 Å². The van der Waals surface area contributed by atoms with E-state index in [1.165, 1.54) is 0 Å². The molecule has 3 aromatic carbocycles. The van der Waals surface area contributed by atoms with Crippen molar-refractivity contribution in [3.05, 3.63) is 106 Å². The number of fused-ring (bicyclic) bond motifs is 1. The molecule has 41 heavy (non-hydrogen) atoms. The maximum atomic E-state index is 13.2. The second-order valence-electron chi connectivity index (χ2n) is 10.6. The molecule has 1 unspecified atom stereocenters. The van der Waals surface area contributed by atoms with Crippen LogP contribution >= 0.6 is 23.4 Å². The number of pyridine rings is 1. The highest BCUT2D eigenvalue weighted by atomic mass is 35.5. The van der Waals surface area contributed by atoms with Gasteiger partial charge in [-0.25, -0.2) is 4.98 Å². The highest BCUT2D eigenvalue weighted by Crippen LogP contribution is 2.35. The fraction of sp³-hybridized carbons (Fsp3) is 0.265. The van der Waals surface area contributed by atoms with Crippen LogP contribution in [0.5, 0.6) is 0 Å². The monoisotopic (exact) mass is 582 g/mol. The second-order valence-corrected chi connectivity index (χ2v) is 12.1. The summed E-state index contributed by atoms with van der Waals surface area (Å²) in [6.07, 6.45) is 7.43. The average molecular weight is 583 g/mol. The van der Waals surface area contributed by atoms with Gasteiger partial charge in [-0.1, -0.05) is 60.1 Å². The number of aromatic nitrogens is 1. The molecule has 0 N–H and O–H groups in total. The zero-order chi connectivity index (χ0) is 28.2. The summed E-state index contributed by atoms with van der Waals surface area (Å²) in [7, 11) is 0. The van der Waals surface area contributed by atoms with Crippen LogP contribution in [0.2, 0.25) is 5.02 Å². The minimum Gasteiger partial charge on any atom is -0.456 e. The Morgan fingerprint density at radius 1 is 0.976 bits per heavy atom. The van der Waals surface area contributed by atoms with Gasteiger partial charge in [-0.2, -0.15) is 0 Å². The van der Waals surface area contributed by atoms with E-state index in [4.69, 9.17) is 21.3 Å². The summed E-state index contributed by atoms with van der Waals surface area (Å²) in [5.41, 5.74) is 4.30. The van der Waals surface area contributed by atoms with Crippen LogP contribution in [0.25, 0.3) is 23.1 Å². The Morgan fingerprint density at radius 3 is 2.61 bits per heavy atom. The number of thioether (sulfide) groups is 1. The highest BCUT2D eigenvalue weighted by Gasteiger charge is 2.33. The van der Waals surface area contributed by atoms with E-state index in [1.807, 2.05) is 89.8 Å². The number of hydrogen-bond donors (Lipinski definition) is 0. The lowest BCUT2D eigenvalue weighted by Crippen LogP contribution is -2.28. The minimum atomic E-state index is -0.433. The van der Waals surface area contributed by atoms with Gasteiger partial charge in [0.2, 0.25) is 0 Å². The van der Waals surface area contributed by atoms with Crippen LogP contribution in [-0.2, 0) is 9.53 Å². The summed E-state index contributed by atoms with van der Waals surface area (Å²) in [4.78, 5) is 33.5.